The van der Waals surface area contributed by atoms with Crippen molar-refractivity contribution in [2.24, 2.45) is 7.05 Å². The second kappa shape index (κ2) is 7.64. The number of furan rings is 1. The number of nitrogens with zero attached hydrogens (tertiary/aromatic N) is 3. The van der Waals surface area contributed by atoms with Crippen LogP contribution in [0.3, 0.4) is 0 Å². The lowest BCUT2D eigenvalue weighted by molar-refractivity contribution is 0.353. The predicted molar refractivity (Wildman–Crippen MR) is 103 cm³/mol. The quantitative estimate of drug-likeness (QED) is 0.588. The smallest absolute Gasteiger partial charge is 0.243 e. The van der Waals surface area contributed by atoms with Crippen LogP contribution in [0, 0.1) is 5.82 Å². The Labute approximate surface area is 168 Å². The molecule has 0 bridgehead atoms. The highest BCUT2D eigenvalue weighted by molar-refractivity contribution is 7.89. The van der Waals surface area contributed by atoms with E-state index in [-0.39, 0.29) is 23.7 Å². The van der Waals surface area contributed by atoms with Gasteiger partial charge in [-0.25, -0.2) is 12.8 Å². The number of aromatic nitrogens is 2. The lowest BCUT2D eigenvalue weighted by atomic mass is 10.2. The average Bonchev–Trinajstić information content (AvgIpc) is 3.42. The van der Waals surface area contributed by atoms with Crippen LogP contribution in [0.4, 0.5) is 4.39 Å². The number of hydrogen-bond acceptors (Lipinski definition) is 5. The molecule has 9 heteroatoms. The summed E-state index contributed by atoms with van der Waals surface area (Å²) in [5, 5.41) is 4.54. The molecular weight excluding hydrogens is 397 g/mol. The molecular formula is C20H22FN3O4S. The minimum absolute atomic E-state index is 0.0101. The largest absolute Gasteiger partial charge is 0.494 e. The zero-order valence-electron chi connectivity index (χ0n) is 16.3. The maximum Gasteiger partial charge on any atom is 0.243 e. The number of methoxy groups -OCH3 is 1. The Kier molecular flexibility index (Phi) is 5.18. The van der Waals surface area contributed by atoms with Gasteiger partial charge >= 0.3 is 0 Å². The zero-order chi connectivity index (χ0) is 20.6. The van der Waals surface area contributed by atoms with Crippen LogP contribution in [0.15, 0.2) is 45.9 Å². The monoisotopic (exact) mass is 419 g/mol. The van der Waals surface area contributed by atoms with Crippen LogP contribution in [0.5, 0.6) is 5.75 Å². The number of ether oxygens (including phenoxy) is 1. The van der Waals surface area contributed by atoms with Crippen LogP contribution in [-0.2, 0) is 43.0 Å². The van der Waals surface area contributed by atoms with E-state index in [1.807, 2.05) is 11.7 Å². The van der Waals surface area contributed by atoms with Crippen molar-refractivity contribution in [2.75, 3.05) is 7.11 Å². The Hall–Kier alpha value is -2.65. The van der Waals surface area contributed by atoms with E-state index in [2.05, 4.69) is 5.10 Å². The van der Waals surface area contributed by atoms with Gasteiger partial charge in [0.2, 0.25) is 10.0 Å². The molecule has 7 nitrogen and oxygen atoms in total. The maximum atomic E-state index is 14.2. The average molecular weight is 419 g/mol. The minimum atomic E-state index is -4.00. The van der Waals surface area contributed by atoms with Gasteiger partial charge in [-0.2, -0.15) is 9.40 Å². The molecule has 3 aromatic rings. The second-order valence-electron chi connectivity index (χ2n) is 7.00. The standard InChI is InChI=1S/C20H22FN3O4S/c1-23-19-7-3-6-16(19)18(22-23)13-24(12-14-5-4-10-28-14)29(25,26)15-8-9-20(27-2)17(21)11-15/h4-5,8-11H,3,6-7,12-13H2,1-2H3. The maximum absolute atomic E-state index is 14.2. The highest BCUT2D eigenvalue weighted by Gasteiger charge is 2.30. The molecule has 29 heavy (non-hydrogen) atoms. The topological polar surface area (TPSA) is 77.6 Å². The first-order valence-corrected chi connectivity index (χ1v) is 10.7. The van der Waals surface area contributed by atoms with Crippen LogP contribution in [0.2, 0.25) is 0 Å². The van der Waals surface area contributed by atoms with Gasteiger partial charge in [-0.1, -0.05) is 0 Å². The lowest BCUT2D eigenvalue weighted by Gasteiger charge is -2.21. The van der Waals surface area contributed by atoms with Gasteiger partial charge in [-0.3, -0.25) is 4.68 Å². The fourth-order valence-corrected chi connectivity index (χ4v) is 5.13. The van der Waals surface area contributed by atoms with Crippen molar-refractivity contribution < 1.29 is 22.0 Å². The summed E-state index contributed by atoms with van der Waals surface area (Å²) >= 11 is 0. The molecule has 2 aromatic heterocycles. The Morgan fingerprint density at radius 1 is 1.28 bits per heavy atom. The summed E-state index contributed by atoms with van der Waals surface area (Å²) in [4.78, 5) is -0.144. The van der Waals surface area contributed by atoms with Crippen molar-refractivity contribution in [1.82, 2.24) is 14.1 Å². The van der Waals surface area contributed by atoms with E-state index in [0.717, 1.165) is 42.3 Å². The van der Waals surface area contributed by atoms with Gasteiger partial charge < -0.3 is 9.15 Å². The summed E-state index contributed by atoms with van der Waals surface area (Å²) < 4.78 is 54.3. The van der Waals surface area contributed by atoms with Gasteiger partial charge in [0.05, 0.1) is 37.1 Å². The number of fused-ring (bicyclic) bond motifs is 1. The van der Waals surface area contributed by atoms with Crippen LogP contribution in [0.1, 0.15) is 29.1 Å². The summed E-state index contributed by atoms with van der Waals surface area (Å²) in [5.74, 6) is -0.246. The fraction of sp³-hybridized carbons (Fsp3) is 0.350. The molecule has 0 saturated heterocycles. The normalized spacial score (nSPS) is 13.8. The van der Waals surface area contributed by atoms with Gasteiger partial charge in [-0.15, -0.1) is 0 Å². The van der Waals surface area contributed by atoms with E-state index in [0.29, 0.717) is 5.76 Å². The van der Waals surface area contributed by atoms with Gasteiger partial charge in [0.15, 0.2) is 11.6 Å². The van der Waals surface area contributed by atoms with Crippen molar-refractivity contribution in [3.63, 3.8) is 0 Å². The lowest BCUT2D eigenvalue weighted by Crippen LogP contribution is -2.30. The second-order valence-corrected chi connectivity index (χ2v) is 8.94. The molecule has 2 heterocycles. The van der Waals surface area contributed by atoms with Crippen LogP contribution in [0.25, 0.3) is 0 Å². The molecule has 0 amide bonds. The third-order valence-electron chi connectivity index (χ3n) is 5.20. The molecule has 0 saturated carbocycles. The third-order valence-corrected chi connectivity index (χ3v) is 6.99. The Morgan fingerprint density at radius 2 is 2.10 bits per heavy atom. The number of benzene rings is 1. The molecule has 0 atom stereocenters. The van der Waals surface area contributed by atoms with Gasteiger partial charge in [-0.05, 0) is 55.2 Å². The van der Waals surface area contributed by atoms with Crippen LogP contribution >= 0.6 is 0 Å². The molecule has 0 radical (unpaired) electrons. The zero-order valence-corrected chi connectivity index (χ0v) is 17.1. The Bertz CT molecular complexity index is 1120. The van der Waals surface area contributed by atoms with E-state index in [1.165, 1.54) is 29.8 Å². The Balaban J connectivity index is 1.72. The Morgan fingerprint density at radius 3 is 2.79 bits per heavy atom. The van der Waals surface area contributed by atoms with Gasteiger partial charge in [0.25, 0.3) is 0 Å². The first-order valence-electron chi connectivity index (χ1n) is 9.30. The minimum Gasteiger partial charge on any atom is -0.494 e. The van der Waals surface area contributed by atoms with E-state index in [1.54, 1.807) is 12.1 Å². The van der Waals surface area contributed by atoms with Crippen molar-refractivity contribution in [2.45, 2.75) is 37.2 Å². The molecule has 0 N–H and O–H groups in total. The number of rotatable bonds is 7. The molecule has 1 aromatic carbocycles. The molecule has 154 valence electrons. The third kappa shape index (κ3) is 3.67. The number of sulfonamides is 1. The molecule has 0 spiro atoms. The van der Waals surface area contributed by atoms with Crippen LogP contribution in [-0.4, -0.2) is 29.6 Å². The summed E-state index contributed by atoms with van der Waals surface area (Å²) in [7, 11) is -0.799. The predicted octanol–water partition coefficient (Wildman–Crippen LogP) is 3.04. The van der Waals surface area contributed by atoms with Gasteiger partial charge in [0.1, 0.15) is 5.76 Å². The van der Waals surface area contributed by atoms with E-state index in [4.69, 9.17) is 9.15 Å². The van der Waals surface area contributed by atoms with Crippen molar-refractivity contribution in [3.05, 3.63) is 65.1 Å². The summed E-state index contributed by atoms with van der Waals surface area (Å²) in [5.41, 5.74) is 2.98. The summed E-state index contributed by atoms with van der Waals surface area (Å²) in [6, 6.07) is 7.04. The molecule has 0 aliphatic heterocycles. The summed E-state index contributed by atoms with van der Waals surface area (Å²) in [6.07, 6.45) is 4.34. The van der Waals surface area contributed by atoms with Crippen molar-refractivity contribution in [1.29, 1.82) is 0 Å². The molecule has 1 aliphatic rings. The van der Waals surface area contributed by atoms with E-state index >= 15 is 0 Å². The highest BCUT2D eigenvalue weighted by atomic mass is 32.2. The molecule has 4 rings (SSSR count). The first-order chi connectivity index (χ1) is 13.9. The highest BCUT2D eigenvalue weighted by Crippen LogP contribution is 2.29. The van der Waals surface area contributed by atoms with Crippen molar-refractivity contribution >= 4 is 10.0 Å². The van der Waals surface area contributed by atoms with Crippen molar-refractivity contribution in [3.8, 4) is 5.75 Å². The number of hydrogen-bond donors (Lipinski definition) is 0. The fourth-order valence-electron chi connectivity index (χ4n) is 3.75. The van der Waals surface area contributed by atoms with E-state index in [9.17, 15) is 12.8 Å². The number of halogens is 1. The molecule has 0 unspecified atom stereocenters. The van der Waals surface area contributed by atoms with E-state index < -0.39 is 15.8 Å². The SMILES string of the molecule is COc1ccc(S(=O)(=O)N(Cc2ccco2)Cc2nn(C)c3c2CCC3)cc1F. The van der Waals surface area contributed by atoms with Crippen LogP contribution < -0.4 is 4.74 Å². The molecule has 1 aliphatic carbocycles. The first kappa shape index (κ1) is 19.7. The number of aryl methyl sites for hydroxylation is 1. The molecule has 0 fully saturated rings. The summed E-state index contributed by atoms with van der Waals surface area (Å²) in [6.45, 7) is 0.105. The van der Waals surface area contributed by atoms with Gasteiger partial charge in [0, 0.05) is 12.7 Å².